The number of likely N-dealkylation sites (tertiary alicyclic amines) is 1. The van der Waals surface area contributed by atoms with E-state index in [4.69, 9.17) is 11.1 Å². The van der Waals surface area contributed by atoms with Crippen LogP contribution in [0.1, 0.15) is 45.4 Å². The van der Waals surface area contributed by atoms with Gasteiger partial charge < -0.3 is 5.73 Å². The summed E-state index contributed by atoms with van der Waals surface area (Å²) in [6.45, 7) is 4.30. The second-order valence-electron chi connectivity index (χ2n) is 5.61. The lowest BCUT2D eigenvalue weighted by molar-refractivity contribution is 0.0559. The molecule has 0 aromatic rings. The first-order chi connectivity index (χ1) is 7.68. The topological polar surface area (TPSA) is 53.1 Å². The third kappa shape index (κ3) is 2.57. The van der Waals surface area contributed by atoms with E-state index in [9.17, 15) is 0 Å². The summed E-state index contributed by atoms with van der Waals surface area (Å²) < 4.78 is 0. The molecule has 0 spiro atoms. The van der Waals surface area contributed by atoms with Crippen LogP contribution in [0.2, 0.25) is 0 Å². The molecule has 3 heteroatoms. The van der Waals surface area contributed by atoms with E-state index in [0.717, 1.165) is 18.5 Å². The maximum Gasteiger partial charge on any atom is 0.0947 e. The summed E-state index contributed by atoms with van der Waals surface area (Å²) in [6.07, 6.45) is 8.38. The molecule has 1 saturated carbocycles. The van der Waals surface area contributed by atoms with Crippen molar-refractivity contribution in [3.8, 4) is 0 Å². The van der Waals surface area contributed by atoms with Crippen LogP contribution >= 0.6 is 0 Å². The summed E-state index contributed by atoms with van der Waals surface area (Å²) in [4.78, 5) is 2.61. The van der Waals surface area contributed by atoms with Gasteiger partial charge in [-0.3, -0.25) is 10.3 Å². The maximum atomic E-state index is 7.50. The van der Waals surface area contributed by atoms with E-state index >= 15 is 0 Å². The van der Waals surface area contributed by atoms with Crippen molar-refractivity contribution in [1.29, 1.82) is 5.41 Å². The van der Waals surface area contributed by atoms with Gasteiger partial charge in [-0.25, -0.2) is 0 Å². The van der Waals surface area contributed by atoms with Gasteiger partial charge in [0, 0.05) is 18.5 Å². The van der Waals surface area contributed by atoms with Crippen LogP contribution < -0.4 is 5.73 Å². The van der Waals surface area contributed by atoms with E-state index in [-0.39, 0.29) is 5.92 Å². The van der Waals surface area contributed by atoms with Gasteiger partial charge in [0.15, 0.2) is 0 Å². The minimum absolute atomic E-state index is 0.223. The molecule has 3 nitrogen and oxygen atoms in total. The molecule has 0 bridgehead atoms. The largest absolute Gasteiger partial charge is 0.387 e. The highest BCUT2D eigenvalue weighted by Crippen LogP contribution is 2.35. The van der Waals surface area contributed by atoms with Gasteiger partial charge in [0.25, 0.3) is 0 Å². The fraction of sp³-hybridized carbons (Fsp3) is 0.923. The SMILES string of the molecule is CC(CN1CCCC2CCCCC21)C(=N)N. The van der Waals surface area contributed by atoms with Gasteiger partial charge in [-0.05, 0) is 38.1 Å². The number of nitrogens with two attached hydrogens (primary N) is 1. The molecular weight excluding hydrogens is 198 g/mol. The average molecular weight is 223 g/mol. The van der Waals surface area contributed by atoms with Gasteiger partial charge in [0.1, 0.15) is 0 Å². The van der Waals surface area contributed by atoms with Crippen molar-refractivity contribution in [1.82, 2.24) is 4.90 Å². The van der Waals surface area contributed by atoms with Crippen molar-refractivity contribution in [2.75, 3.05) is 13.1 Å². The number of nitrogens with zero attached hydrogens (tertiary/aromatic N) is 1. The molecule has 3 unspecified atom stereocenters. The number of rotatable bonds is 3. The van der Waals surface area contributed by atoms with E-state index < -0.39 is 0 Å². The zero-order chi connectivity index (χ0) is 11.5. The van der Waals surface area contributed by atoms with E-state index in [2.05, 4.69) is 11.8 Å². The Kier molecular flexibility index (Phi) is 3.85. The van der Waals surface area contributed by atoms with E-state index in [1.165, 1.54) is 45.1 Å². The van der Waals surface area contributed by atoms with Gasteiger partial charge >= 0.3 is 0 Å². The first kappa shape index (κ1) is 11.9. The first-order valence-corrected chi connectivity index (χ1v) is 6.76. The molecule has 1 heterocycles. The number of hydrogen-bond donors (Lipinski definition) is 2. The molecule has 0 amide bonds. The second-order valence-corrected chi connectivity index (χ2v) is 5.61. The quantitative estimate of drug-likeness (QED) is 0.569. The van der Waals surface area contributed by atoms with E-state index in [1.54, 1.807) is 0 Å². The Morgan fingerprint density at radius 2 is 2.00 bits per heavy atom. The minimum Gasteiger partial charge on any atom is -0.387 e. The van der Waals surface area contributed by atoms with Crippen LogP contribution in [-0.4, -0.2) is 29.9 Å². The van der Waals surface area contributed by atoms with Crippen molar-refractivity contribution >= 4 is 5.84 Å². The van der Waals surface area contributed by atoms with Crippen molar-refractivity contribution < 1.29 is 0 Å². The Hall–Kier alpha value is -0.570. The predicted octanol–water partition coefficient (Wildman–Crippen LogP) is 2.21. The van der Waals surface area contributed by atoms with Gasteiger partial charge in [0.2, 0.25) is 0 Å². The lowest BCUT2D eigenvalue weighted by atomic mass is 9.78. The van der Waals surface area contributed by atoms with Gasteiger partial charge in [-0.2, -0.15) is 0 Å². The Labute approximate surface area is 98.9 Å². The number of piperidine rings is 1. The summed E-state index contributed by atoms with van der Waals surface area (Å²) in [6, 6.07) is 0.796. The summed E-state index contributed by atoms with van der Waals surface area (Å²) in [5.41, 5.74) is 5.58. The summed E-state index contributed by atoms with van der Waals surface area (Å²) >= 11 is 0. The molecule has 0 aromatic heterocycles. The van der Waals surface area contributed by atoms with E-state index in [0.29, 0.717) is 5.84 Å². The van der Waals surface area contributed by atoms with Crippen LogP contribution in [0.15, 0.2) is 0 Å². The Bertz CT molecular complexity index is 250. The Morgan fingerprint density at radius 3 is 2.75 bits per heavy atom. The summed E-state index contributed by atoms with van der Waals surface area (Å²) in [5, 5.41) is 7.50. The molecule has 92 valence electrons. The lowest BCUT2D eigenvalue weighted by Crippen LogP contribution is -2.49. The van der Waals surface area contributed by atoms with Gasteiger partial charge in [-0.15, -0.1) is 0 Å². The molecule has 1 saturated heterocycles. The van der Waals surface area contributed by atoms with Gasteiger partial charge in [0.05, 0.1) is 5.84 Å². The highest BCUT2D eigenvalue weighted by molar-refractivity contribution is 5.79. The maximum absolute atomic E-state index is 7.50. The molecule has 2 rings (SSSR count). The lowest BCUT2D eigenvalue weighted by Gasteiger charge is -2.45. The number of hydrogen-bond acceptors (Lipinski definition) is 2. The summed E-state index contributed by atoms with van der Waals surface area (Å²) in [7, 11) is 0. The fourth-order valence-electron chi connectivity index (χ4n) is 3.40. The van der Waals surface area contributed by atoms with Crippen LogP contribution in [0.5, 0.6) is 0 Å². The molecule has 3 N–H and O–H groups in total. The third-order valence-electron chi connectivity index (χ3n) is 4.40. The second kappa shape index (κ2) is 5.17. The molecule has 0 aromatic carbocycles. The van der Waals surface area contributed by atoms with Crippen LogP contribution in [-0.2, 0) is 0 Å². The fourth-order valence-corrected chi connectivity index (χ4v) is 3.40. The number of nitrogens with one attached hydrogen (secondary N) is 1. The average Bonchev–Trinajstić information content (AvgIpc) is 2.29. The highest BCUT2D eigenvalue weighted by atomic mass is 15.2. The minimum atomic E-state index is 0.223. The molecule has 2 aliphatic rings. The van der Waals surface area contributed by atoms with Gasteiger partial charge in [-0.1, -0.05) is 19.8 Å². The Balaban J connectivity index is 1.94. The zero-order valence-electron chi connectivity index (χ0n) is 10.4. The monoisotopic (exact) mass is 223 g/mol. The van der Waals surface area contributed by atoms with Crippen molar-refractivity contribution in [3.05, 3.63) is 0 Å². The molecule has 3 atom stereocenters. The smallest absolute Gasteiger partial charge is 0.0947 e. The normalized spacial score (nSPS) is 33.1. The summed E-state index contributed by atoms with van der Waals surface area (Å²) in [5.74, 6) is 1.50. The third-order valence-corrected chi connectivity index (χ3v) is 4.40. The van der Waals surface area contributed by atoms with Crippen molar-refractivity contribution in [3.63, 3.8) is 0 Å². The van der Waals surface area contributed by atoms with Crippen LogP contribution in [0.4, 0.5) is 0 Å². The zero-order valence-corrected chi connectivity index (χ0v) is 10.4. The highest BCUT2D eigenvalue weighted by Gasteiger charge is 2.33. The molecule has 1 aliphatic heterocycles. The standard InChI is InChI=1S/C13H25N3/c1-10(13(14)15)9-16-8-4-6-11-5-2-3-7-12(11)16/h10-12H,2-9H2,1H3,(H3,14,15). The van der Waals surface area contributed by atoms with Crippen molar-refractivity contribution in [2.45, 2.75) is 51.5 Å². The van der Waals surface area contributed by atoms with E-state index in [1.807, 2.05) is 0 Å². The predicted molar refractivity (Wildman–Crippen MR) is 67.6 cm³/mol. The molecule has 2 fully saturated rings. The van der Waals surface area contributed by atoms with Crippen LogP contribution in [0, 0.1) is 17.2 Å². The van der Waals surface area contributed by atoms with Crippen LogP contribution in [0.3, 0.4) is 0 Å². The molecule has 16 heavy (non-hydrogen) atoms. The number of fused-ring (bicyclic) bond motifs is 1. The van der Waals surface area contributed by atoms with Crippen molar-refractivity contribution in [2.24, 2.45) is 17.6 Å². The van der Waals surface area contributed by atoms with Crippen LogP contribution in [0.25, 0.3) is 0 Å². The molecule has 1 aliphatic carbocycles. The first-order valence-electron chi connectivity index (χ1n) is 6.76. The number of amidine groups is 1. The molecular formula is C13H25N3. The molecule has 0 radical (unpaired) electrons. The Morgan fingerprint density at radius 1 is 1.31 bits per heavy atom.